The van der Waals surface area contributed by atoms with Crippen molar-refractivity contribution in [3.05, 3.63) is 71.6 Å². The molecule has 2 aromatic carbocycles. The van der Waals surface area contributed by atoms with Gasteiger partial charge in [0.15, 0.2) is 5.13 Å². The predicted octanol–water partition coefficient (Wildman–Crippen LogP) is 4.73. The third-order valence-corrected chi connectivity index (χ3v) is 6.93. The summed E-state index contributed by atoms with van der Waals surface area (Å²) in [5.41, 5.74) is 9.66. The Morgan fingerprint density at radius 1 is 1.21 bits per heavy atom. The summed E-state index contributed by atoms with van der Waals surface area (Å²) in [6, 6.07) is 15.2. The standard InChI is InChI=1S/C26H26N4O3S/c1-16-4-2-5-18(14-16)23-22(29-26(27)34-23)25(32)30(15-17-8-9-17)12-11-28-24(31)20-6-3-7-21-19(20)10-13-33-21/h2-7,10,13-14,17H,8-9,11-12,15H2,1H3,(H2,27,29)(H,28,31). The van der Waals surface area contributed by atoms with Crippen molar-refractivity contribution in [1.29, 1.82) is 0 Å². The number of benzene rings is 2. The second-order valence-corrected chi connectivity index (χ2v) is 9.72. The van der Waals surface area contributed by atoms with Crippen molar-refractivity contribution in [2.45, 2.75) is 19.8 Å². The van der Waals surface area contributed by atoms with Crippen LogP contribution in [0.3, 0.4) is 0 Å². The molecule has 0 aliphatic heterocycles. The maximum atomic E-state index is 13.6. The molecule has 0 unspecified atom stereocenters. The quantitative estimate of drug-likeness (QED) is 0.384. The summed E-state index contributed by atoms with van der Waals surface area (Å²) in [6.45, 7) is 3.40. The first-order valence-electron chi connectivity index (χ1n) is 11.4. The van der Waals surface area contributed by atoms with Gasteiger partial charge in [0.05, 0.1) is 16.7 Å². The molecule has 174 valence electrons. The van der Waals surface area contributed by atoms with E-state index in [-0.39, 0.29) is 11.8 Å². The highest BCUT2D eigenvalue weighted by Crippen LogP contribution is 2.34. The second kappa shape index (κ2) is 9.30. The summed E-state index contributed by atoms with van der Waals surface area (Å²) < 4.78 is 5.39. The van der Waals surface area contributed by atoms with Gasteiger partial charge in [-0.25, -0.2) is 4.98 Å². The van der Waals surface area contributed by atoms with E-state index in [1.807, 2.05) is 37.3 Å². The van der Waals surface area contributed by atoms with Crippen LogP contribution in [0.4, 0.5) is 5.13 Å². The molecular weight excluding hydrogens is 448 g/mol. The molecule has 2 amide bonds. The van der Waals surface area contributed by atoms with E-state index >= 15 is 0 Å². The minimum Gasteiger partial charge on any atom is -0.464 e. The Morgan fingerprint density at radius 2 is 2.03 bits per heavy atom. The molecule has 2 aromatic heterocycles. The number of amides is 2. The van der Waals surface area contributed by atoms with E-state index in [1.165, 1.54) is 11.3 Å². The molecule has 7 nitrogen and oxygen atoms in total. The number of hydrogen-bond acceptors (Lipinski definition) is 6. The van der Waals surface area contributed by atoms with Crippen LogP contribution in [-0.4, -0.2) is 41.3 Å². The van der Waals surface area contributed by atoms with Crippen LogP contribution in [0.2, 0.25) is 0 Å². The third kappa shape index (κ3) is 4.68. The molecule has 0 atom stereocenters. The summed E-state index contributed by atoms with van der Waals surface area (Å²) in [5, 5.41) is 4.09. The molecule has 1 aliphatic rings. The fourth-order valence-corrected chi connectivity index (χ4v) is 4.91. The average Bonchev–Trinajstić information content (AvgIpc) is 3.36. The number of thiazole rings is 1. The van der Waals surface area contributed by atoms with Crippen LogP contribution in [0.15, 0.2) is 59.2 Å². The molecule has 8 heteroatoms. The number of aryl methyl sites for hydroxylation is 1. The summed E-state index contributed by atoms with van der Waals surface area (Å²) in [7, 11) is 0. The van der Waals surface area contributed by atoms with Gasteiger partial charge >= 0.3 is 0 Å². The molecule has 3 N–H and O–H groups in total. The number of nitrogens with zero attached hydrogens (tertiary/aromatic N) is 2. The molecule has 1 saturated carbocycles. The van der Waals surface area contributed by atoms with Gasteiger partial charge in [-0.2, -0.15) is 0 Å². The van der Waals surface area contributed by atoms with Gasteiger partial charge in [0.1, 0.15) is 11.3 Å². The van der Waals surface area contributed by atoms with Crippen molar-refractivity contribution >= 4 is 39.3 Å². The van der Waals surface area contributed by atoms with E-state index in [9.17, 15) is 9.59 Å². The van der Waals surface area contributed by atoms with Gasteiger partial charge in [-0.05, 0) is 49.4 Å². The number of carbonyl (C=O) groups is 2. The van der Waals surface area contributed by atoms with Crippen LogP contribution >= 0.6 is 11.3 Å². The minimum absolute atomic E-state index is 0.150. The highest BCUT2D eigenvalue weighted by atomic mass is 32.1. The van der Waals surface area contributed by atoms with Crippen molar-refractivity contribution in [2.75, 3.05) is 25.4 Å². The first kappa shape index (κ1) is 22.2. The topological polar surface area (TPSA) is 101 Å². The highest BCUT2D eigenvalue weighted by Gasteiger charge is 2.30. The number of carbonyl (C=O) groups excluding carboxylic acids is 2. The van der Waals surface area contributed by atoms with Gasteiger partial charge < -0.3 is 20.4 Å². The normalized spacial score (nSPS) is 13.2. The van der Waals surface area contributed by atoms with Crippen LogP contribution in [0.25, 0.3) is 21.4 Å². The first-order valence-corrected chi connectivity index (χ1v) is 12.2. The van der Waals surface area contributed by atoms with Gasteiger partial charge in [-0.15, -0.1) is 0 Å². The van der Waals surface area contributed by atoms with E-state index in [4.69, 9.17) is 10.2 Å². The molecule has 0 saturated heterocycles. The summed E-state index contributed by atoms with van der Waals surface area (Å²) >= 11 is 1.32. The summed E-state index contributed by atoms with van der Waals surface area (Å²) in [4.78, 5) is 33.3. The second-order valence-electron chi connectivity index (χ2n) is 8.69. The van der Waals surface area contributed by atoms with Crippen molar-refractivity contribution in [3.63, 3.8) is 0 Å². The maximum absolute atomic E-state index is 13.6. The molecule has 4 aromatic rings. The Balaban J connectivity index is 1.32. The maximum Gasteiger partial charge on any atom is 0.274 e. The molecule has 1 fully saturated rings. The number of anilines is 1. The lowest BCUT2D eigenvalue weighted by Gasteiger charge is -2.22. The number of nitrogens with one attached hydrogen (secondary N) is 1. The van der Waals surface area contributed by atoms with Crippen LogP contribution in [-0.2, 0) is 0 Å². The van der Waals surface area contributed by atoms with Crippen LogP contribution in [0, 0.1) is 12.8 Å². The predicted molar refractivity (Wildman–Crippen MR) is 134 cm³/mol. The first-order chi connectivity index (χ1) is 16.5. The van der Waals surface area contributed by atoms with Gasteiger partial charge in [-0.1, -0.05) is 47.2 Å². The largest absolute Gasteiger partial charge is 0.464 e. The monoisotopic (exact) mass is 474 g/mol. The number of aromatic nitrogens is 1. The Morgan fingerprint density at radius 3 is 2.82 bits per heavy atom. The van der Waals surface area contributed by atoms with E-state index in [1.54, 1.807) is 29.4 Å². The molecule has 5 rings (SSSR count). The van der Waals surface area contributed by atoms with Gasteiger partial charge in [0.25, 0.3) is 11.8 Å². The number of rotatable bonds is 8. The van der Waals surface area contributed by atoms with Gasteiger partial charge in [0.2, 0.25) is 0 Å². The Labute approximate surface area is 201 Å². The van der Waals surface area contributed by atoms with E-state index < -0.39 is 0 Å². The van der Waals surface area contributed by atoms with E-state index in [0.29, 0.717) is 47.5 Å². The summed E-state index contributed by atoms with van der Waals surface area (Å²) in [6.07, 6.45) is 3.80. The van der Waals surface area contributed by atoms with Crippen molar-refractivity contribution in [2.24, 2.45) is 5.92 Å². The number of nitrogen functional groups attached to an aromatic ring is 1. The van der Waals surface area contributed by atoms with Gasteiger partial charge in [0, 0.05) is 25.0 Å². The molecular formula is C26H26N4O3S. The fourth-order valence-electron chi connectivity index (χ4n) is 4.09. The Hall–Kier alpha value is -3.65. The van der Waals surface area contributed by atoms with Crippen LogP contribution in [0.5, 0.6) is 0 Å². The van der Waals surface area contributed by atoms with Crippen LogP contribution < -0.4 is 11.1 Å². The average molecular weight is 475 g/mol. The molecule has 0 spiro atoms. The Bertz CT molecular complexity index is 1360. The van der Waals surface area contributed by atoms with Crippen molar-refractivity contribution in [1.82, 2.24) is 15.2 Å². The smallest absolute Gasteiger partial charge is 0.274 e. The van der Waals surface area contributed by atoms with Gasteiger partial charge in [-0.3, -0.25) is 9.59 Å². The highest BCUT2D eigenvalue weighted by molar-refractivity contribution is 7.19. The molecule has 2 heterocycles. The van der Waals surface area contributed by atoms with Crippen molar-refractivity contribution < 1.29 is 14.0 Å². The Kier molecular flexibility index (Phi) is 6.06. The zero-order valence-corrected chi connectivity index (χ0v) is 19.7. The van der Waals surface area contributed by atoms with Crippen molar-refractivity contribution in [3.8, 4) is 10.4 Å². The zero-order chi connectivity index (χ0) is 23.7. The number of furan rings is 1. The molecule has 0 radical (unpaired) electrons. The zero-order valence-electron chi connectivity index (χ0n) is 18.9. The molecule has 0 bridgehead atoms. The third-order valence-electron chi connectivity index (χ3n) is 6.00. The molecule has 34 heavy (non-hydrogen) atoms. The lowest BCUT2D eigenvalue weighted by molar-refractivity contribution is 0.0737. The number of fused-ring (bicyclic) bond motifs is 1. The minimum atomic E-state index is -0.191. The SMILES string of the molecule is Cc1cccc(-c2sc(N)nc2C(=O)N(CCNC(=O)c2cccc3occc23)CC2CC2)c1. The summed E-state index contributed by atoms with van der Waals surface area (Å²) in [5.74, 6) is 0.157. The van der Waals surface area contributed by atoms with Crippen LogP contribution in [0.1, 0.15) is 39.3 Å². The lowest BCUT2D eigenvalue weighted by atomic mass is 10.1. The fraction of sp³-hybridized carbons (Fsp3) is 0.269. The molecule has 1 aliphatic carbocycles. The van der Waals surface area contributed by atoms with E-state index in [2.05, 4.69) is 10.3 Å². The lowest BCUT2D eigenvalue weighted by Crippen LogP contribution is -2.40. The number of hydrogen-bond donors (Lipinski definition) is 2. The van der Waals surface area contributed by atoms with E-state index in [0.717, 1.165) is 34.2 Å². The number of nitrogens with two attached hydrogens (primary N) is 1.